The Morgan fingerprint density at radius 2 is 1.62 bits per heavy atom. The molecular formula is C19H26N2. The van der Waals surface area contributed by atoms with Crippen molar-refractivity contribution >= 4 is 0 Å². The van der Waals surface area contributed by atoms with Gasteiger partial charge in [-0.3, -0.25) is 4.90 Å². The molecule has 0 heterocycles. The SMILES string of the molecule is CNC(c1ccccc1)C(C)N(C)Cc1ccccc1C. The van der Waals surface area contributed by atoms with Gasteiger partial charge in [0.1, 0.15) is 0 Å². The molecule has 0 aliphatic heterocycles. The second kappa shape index (κ2) is 7.39. The highest BCUT2D eigenvalue weighted by Crippen LogP contribution is 2.21. The van der Waals surface area contributed by atoms with E-state index in [1.807, 2.05) is 7.05 Å². The van der Waals surface area contributed by atoms with Crippen molar-refractivity contribution < 1.29 is 0 Å². The van der Waals surface area contributed by atoms with E-state index < -0.39 is 0 Å². The van der Waals surface area contributed by atoms with Crippen LogP contribution in [0.5, 0.6) is 0 Å². The quantitative estimate of drug-likeness (QED) is 0.867. The third-order valence-electron chi connectivity index (χ3n) is 4.33. The number of nitrogens with one attached hydrogen (secondary N) is 1. The van der Waals surface area contributed by atoms with E-state index in [-0.39, 0.29) is 0 Å². The van der Waals surface area contributed by atoms with Crippen LogP contribution in [0.1, 0.15) is 29.7 Å². The number of aryl methyl sites for hydroxylation is 1. The van der Waals surface area contributed by atoms with Gasteiger partial charge in [-0.05, 0) is 44.6 Å². The first-order valence-electron chi connectivity index (χ1n) is 7.60. The Labute approximate surface area is 128 Å². The van der Waals surface area contributed by atoms with Crippen LogP contribution >= 0.6 is 0 Å². The largest absolute Gasteiger partial charge is 0.312 e. The van der Waals surface area contributed by atoms with Crippen LogP contribution in [0.3, 0.4) is 0 Å². The number of rotatable bonds is 6. The minimum atomic E-state index is 0.334. The highest BCUT2D eigenvalue weighted by Gasteiger charge is 2.21. The van der Waals surface area contributed by atoms with Crippen LogP contribution < -0.4 is 5.32 Å². The van der Waals surface area contributed by atoms with Gasteiger partial charge in [0.05, 0.1) is 0 Å². The maximum Gasteiger partial charge on any atom is 0.0473 e. The fraction of sp³-hybridized carbons (Fsp3) is 0.368. The fourth-order valence-corrected chi connectivity index (χ4v) is 2.80. The number of hydrogen-bond acceptors (Lipinski definition) is 2. The minimum Gasteiger partial charge on any atom is -0.312 e. The Morgan fingerprint density at radius 3 is 2.24 bits per heavy atom. The molecule has 1 N–H and O–H groups in total. The predicted octanol–water partition coefficient (Wildman–Crippen LogP) is 3.78. The molecule has 0 amide bonds. The van der Waals surface area contributed by atoms with E-state index in [9.17, 15) is 0 Å². The molecule has 0 aromatic heterocycles. The van der Waals surface area contributed by atoms with E-state index >= 15 is 0 Å². The molecule has 2 rings (SSSR count). The molecule has 21 heavy (non-hydrogen) atoms. The summed E-state index contributed by atoms with van der Waals surface area (Å²) in [6.07, 6.45) is 0. The molecular weight excluding hydrogens is 256 g/mol. The summed E-state index contributed by atoms with van der Waals surface area (Å²) in [5.41, 5.74) is 4.09. The molecule has 0 saturated carbocycles. The highest BCUT2D eigenvalue weighted by molar-refractivity contribution is 5.26. The van der Waals surface area contributed by atoms with Crippen molar-refractivity contribution in [3.8, 4) is 0 Å². The van der Waals surface area contributed by atoms with Gasteiger partial charge in [-0.2, -0.15) is 0 Å². The Morgan fingerprint density at radius 1 is 1.00 bits per heavy atom. The molecule has 0 aliphatic carbocycles. The summed E-state index contributed by atoms with van der Waals surface area (Å²) in [6, 6.07) is 20.0. The number of nitrogens with zero attached hydrogens (tertiary/aromatic N) is 1. The lowest BCUT2D eigenvalue weighted by molar-refractivity contribution is 0.204. The fourth-order valence-electron chi connectivity index (χ4n) is 2.80. The van der Waals surface area contributed by atoms with Crippen molar-refractivity contribution in [2.45, 2.75) is 32.5 Å². The van der Waals surface area contributed by atoms with Gasteiger partial charge in [-0.25, -0.2) is 0 Å². The molecule has 2 nitrogen and oxygen atoms in total. The number of hydrogen-bond donors (Lipinski definition) is 1. The first-order chi connectivity index (χ1) is 10.1. The lowest BCUT2D eigenvalue weighted by atomic mass is 9.99. The Kier molecular flexibility index (Phi) is 5.54. The third kappa shape index (κ3) is 3.93. The van der Waals surface area contributed by atoms with Crippen LogP contribution in [0.15, 0.2) is 54.6 Å². The standard InChI is InChI=1S/C19H26N2/c1-15-10-8-9-13-18(15)14-21(4)16(2)19(20-3)17-11-6-5-7-12-17/h5-13,16,19-20H,14H2,1-4H3. The summed E-state index contributed by atoms with van der Waals surface area (Å²) >= 11 is 0. The third-order valence-corrected chi connectivity index (χ3v) is 4.33. The molecule has 112 valence electrons. The zero-order chi connectivity index (χ0) is 15.2. The van der Waals surface area contributed by atoms with Crippen LogP contribution in [0.2, 0.25) is 0 Å². The van der Waals surface area contributed by atoms with Crippen molar-refractivity contribution in [1.82, 2.24) is 10.2 Å². The zero-order valence-corrected chi connectivity index (χ0v) is 13.5. The summed E-state index contributed by atoms with van der Waals surface area (Å²) in [7, 11) is 4.24. The first-order valence-corrected chi connectivity index (χ1v) is 7.60. The van der Waals surface area contributed by atoms with Gasteiger partial charge < -0.3 is 5.32 Å². The van der Waals surface area contributed by atoms with Crippen molar-refractivity contribution in [1.29, 1.82) is 0 Å². The summed E-state index contributed by atoms with van der Waals surface area (Å²) < 4.78 is 0. The molecule has 0 fully saturated rings. The molecule has 2 atom stereocenters. The smallest absolute Gasteiger partial charge is 0.0473 e. The molecule has 0 radical (unpaired) electrons. The van der Waals surface area contributed by atoms with E-state index in [2.05, 4.69) is 85.7 Å². The monoisotopic (exact) mass is 282 g/mol. The van der Waals surface area contributed by atoms with Crippen LogP contribution in [0.4, 0.5) is 0 Å². The molecule has 0 aliphatic rings. The Balaban J connectivity index is 2.11. The van der Waals surface area contributed by atoms with Gasteiger partial charge in [-0.1, -0.05) is 54.6 Å². The average Bonchev–Trinajstić information content (AvgIpc) is 2.51. The van der Waals surface area contributed by atoms with Crippen molar-refractivity contribution in [2.75, 3.05) is 14.1 Å². The van der Waals surface area contributed by atoms with Gasteiger partial charge in [0.25, 0.3) is 0 Å². The van der Waals surface area contributed by atoms with Gasteiger partial charge in [-0.15, -0.1) is 0 Å². The normalized spacial score (nSPS) is 14.1. The maximum absolute atomic E-state index is 3.46. The van der Waals surface area contributed by atoms with E-state index in [1.165, 1.54) is 16.7 Å². The minimum absolute atomic E-state index is 0.334. The molecule has 2 heteroatoms. The van der Waals surface area contributed by atoms with Crippen molar-refractivity contribution in [3.63, 3.8) is 0 Å². The van der Waals surface area contributed by atoms with Gasteiger partial charge in [0.2, 0.25) is 0 Å². The van der Waals surface area contributed by atoms with E-state index in [0.717, 1.165) is 6.54 Å². The average molecular weight is 282 g/mol. The van der Waals surface area contributed by atoms with E-state index in [0.29, 0.717) is 12.1 Å². The van der Waals surface area contributed by atoms with Crippen LogP contribution in [0, 0.1) is 6.92 Å². The molecule has 2 aromatic rings. The molecule has 0 spiro atoms. The first kappa shape index (κ1) is 15.7. The topological polar surface area (TPSA) is 15.3 Å². The summed E-state index contributed by atoms with van der Waals surface area (Å²) in [5, 5.41) is 3.46. The highest BCUT2D eigenvalue weighted by atomic mass is 15.2. The summed E-state index contributed by atoms with van der Waals surface area (Å²) in [6.45, 7) is 5.44. The number of likely N-dealkylation sites (N-methyl/N-ethyl adjacent to an activating group) is 2. The Hall–Kier alpha value is -1.64. The maximum atomic E-state index is 3.46. The second-order valence-corrected chi connectivity index (χ2v) is 5.76. The van der Waals surface area contributed by atoms with E-state index in [1.54, 1.807) is 0 Å². The van der Waals surface area contributed by atoms with Crippen molar-refractivity contribution in [3.05, 3.63) is 71.3 Å². The lowest BCUT2D eigenvalue weighted by Gasteiger charge is -2.32. The van der Waals surface area contributed by atoms with Crippen LogP contribution in [-0.4, -0.2) is 25.0 Å². The van der Waals surface area contributed by atoms with Crippen LogP contribution in [0.25, 0.3) is 0 Å². The summed E-state index contributed by atoms with van der Waals surface area (Å²) in [5.74, 6) is 0. The second-order valence-electron chi connectivity index (χ2n) is 5.76. The van der Waals surface area contributed by atoms with E-state index in [4.69, 9.17) is 0 Å². The number of benzene rings is 2. The molecule has 0 saturated heterocycles. The predicted molar refractivity (Wildman–Crippen MR) is 90.4 cm³/mol. The molecule has 2 aromatic carbocycles. The van der Waals surface area contributed by atoms with Gasteiger partial charge >= 0.3 is 0 Å². The van der Waals surface area contributed by atoms with Crippen LogP contribution in [-0.2, 0) is 6.54 Å². The van der Waals surface area contributed by atoms with Gasteiger partial charge in [0, 0.05) is 18.6 Å². The van der Waals surface area contributed by atoms with Gasteiger partial charge in [0.15, 0.2) is 0 Å². The van der Waals surface area contributed by atoms with Crippen molar-refractivity contribution in [2.24, 2.45) is 0 Å². The lowest BCUT2D eigenvalue weighted by Crippen LogP contribution is -2.39. The Bertz CT molecular complexity index is 551. The summed E-state index contributed by atoms with van der Waals surface area (Å²) in [4.78, 5) is 2.41. The zero-order valence-electron chi connectivity index (χ0n) is 13.5. The molecule has 0 bridgehead atoms. The molecule has 2 unspecified atom stereocenters.